The lowest BCUT2D eigenvalue weighted by Gasteiger charge is -2.25. The summed E-state index contributed by atoms with van der Waals surface area (Å²) < 4.78 is 5.02. The molecule has 0 saturated carbocycles. The largest absolute Gasteiger partial charge is 0.370 e. The lowest BCUT2D eigenvalue weighted by atomic mass is 10.0. The minimum atomic E-state index is -0.549. The van der Waals surface area contributed by atoms with Crippen LogP contribution in [0.15, 0.2) is 0 Å². The van der Waals surface area contributed by atoms with Crippen LogP contribution in [0.1, 0.15) is 20.3 Å². The Morgan fingerprint density at radius 2 is 2.00 bits per heavy atom. The third kappa shape index (κ3) is 7.31. The fourth-order valence-electron chi connectivity index (χ4n) is 1.79. The molecule has 102 valence electrons. The number of carbonyl (C=O) groups excluding carboxylic acids is 1. The van der Waals surface area contributed by atoms with Gasteiger partial charge in [-0.25, -0.2) is 0 Å². The molecule has 0 saturated heterocycles. The summed E-state index contributed by atoms with van der Waals surface area (Å²) in [5.41, 5.74) is 5.47. The number of rotatable bonds is 8. The van der Waals surface area contributed by atoms with E-state index < -0.39 is 6.10 Å². The molecule has 3 N–H and O–H groups in total. The molecule has 2 atom stereocenters. The first kappa shape index (κ1) is 16.4. The molecular weight excluding hydrogens is 218 g/mol. The van der Waals surface area contributed by atoms with Crippen molar-refractivity contribution in [2.45, 2.75) is 32.4 Å². The van der Waals surface area contributed by atoms with E-state index in [-0.39, 0.29) is 18.5 Å². The average Bonchev–Trinajstić information content (AvgIpc) is 2.16. The zero-order valence-corrected chi connectivity index (χ0v) is 11.7. The van der Waals surface area contributed by atoms with Crippen LogP contribution >= 0.6 is 0 Å². The quantitative estimate of drug-likeness (QED) is 0.634. The summed E-state index contributed by atoms with van der Waals surface area (Å²) in [7, 11) is 5.49. The molecule has 0 aliphatic rings. The van der Waals surface area contributed by atoms with Crippen molar-refractivity contribution in [3.63, 3.8) is 0 Å². The van der Waals surface area contributed by atoms with Crippen molar-refractivity contribution in [1.82, 2.24) is 10.2 Å². The zero-order chi connectivity index (χ0) is 13.4. The highest BCUT2D eigenvalue weighted by molar-refractivity contribution is 5.81. The number of amides is 1. The molecule has 0 spiro atoms. The van der Waals surface area contributed by atoms with E-state index in [2.05, 4.69) is 24.1 Å². The molecule has 0 aliphatic heterocycles. The van der Waals surface area contributed by atoms with Gasteiger partial charge in [-0.15, -0.1) is 0 Å². The van der Waals surface area contributed by atoms with E-state index in [1.54, 1.807) is 0 Å². The Morgan fingerprint density at radius 3 is 2.35 bits per heavy atom. The van der Waals surface area contributed by atoms with E-state index in [9.17, 15) is 4.79 Å². The monoisotopic (exact) mass is 245 g/mol. The van der Waals surface area contributed by atoms with Gasteiger partial charge in [0.1, 0.15) is 6.10 Å². The molecule has 17 heavy (non-hydrogen) atoms. The summed E-state index contributed by atoms with van der Waals surface area (Å²) in [5.74, 6) is 0.418. The third-order valence-electron chi connectivity index (χ3n) is 2.48. The first-order valence-electron chi connectivity index (χ1n) is 6.08. The van der Waals surface area contributed by atoms with E-state index in [0.717, 1.165) is 13.0 Å². The van der Waals surface area contributed by atoms with Crippen LogP contribution in [0.25, 0.3) is 0 Å². The number of hydrogen-bond acceptors (Lipinski definition) is 4. The predicted octanol–water partition coefficient (Wildman–Crippen LogP) is 0.0526. The number of nitrogens with one attached hydrogen (secondary N) is 1. The van der Waals surface area contributed by atoms with E-state index in [4.69, 9.17) is 10.5 Å². The molecule has 0 fully saturated rings. The first-order chi connectivity index (χ1) is 7.90. The Bertz CT molecular complexity index is 206. The van der Waals surface area contributed by atoms with Gasteiger partial charge < -0.3 is 20.7 Å². The maximum atomic E-state index is 11.8. The number of carbonyl (C=O) groups is 1. The Labute approximate surface area is 105 Å². The fourth-order valence-corrected chi connectivity index (χ4v) is 1.79. The molecule has 5 nitrogen and oxygen atoms in total. The van der Waals surface area contributed by atoms with E-state index >= 15 is 0 Å². The van der Waals surface area contributed by atoms with Gasteiger partial charge in [0.25, 0.3) is 5.91 Å². The van der Waals surface area contributed by atoms with Crippen LogP contribution in [0.5, 0.6) is 0 Å². The number of methoxy groups -OCH3 is 1. The highest BCUT2D eigenvalue weighted by Gasteiger charge is 2.20. The molecule has 0 aromatic carbocycles. The number of nitrogens with two attached hydrogens (primary N) is 1. The molecule has 0 rings (SSSR count). The highest BCUT2D eigenvalue weighted by Crippen LogP contribution is 2.06. The minimum Gasteiger partial charge on any atom is -0.370 e. The molecule has 0 aromatic rings. The van der Waals surface area contributed by atoms with Gasteiger partial charge in [0.15, 0.2) is 0 Å². The molecule has 0 heterocycles. The van der Waals surface area contributed by atoms with Gasteiger partial charge in [-0.1, -0.05) is 13.8 Å². The summed E-state index contributed by atoms with van der Waals surface area (Å²) >= 11 is 0. The third-order valence-corrected chi connectivity index (χ3v) is 2.48. The molecule has 0 bridgehead atoms. The van der Waals surface area contributed by atoms with Gasteiger partial charge in [0.2, 0.25) is 0 Å². The second kappa shape index (κ2) is 8.44. The molecule has 1 amide bonds. The minimum absolute atomic E-state index is 0.123. The maximum Gasteiger partial charge on any atom is 0.250 e. The smallest absolute Gasteiger partial charge is 0.250 e. The van der Waals surface area contributed by atoms with Crippen LogP contribution in [-0.2, 0) is 9.53 Å². The average molecular weight is 245 g/mol. The van der Waals surface area contributed by atoms with Crippen LogP contribution in [0.3, 0.4) is 0 Å². The molecule has 2 unspecified atom stereocenters. The lowest BCUT2D eigenvalue weighted by Crippen LogP contribution is -2.48. The topological polar surface area (TPSA) is 67.6 Å². The van der Waals surface area contributed by atoms with Gasteiger partial charge in [0.05, 0.1) is 0 Å². The summed E-state index contributed by atoms with van der Waals surface area (Å²) in [6, 6.07) is 0.140. The number of likely N-dealkylation sites (N-methyl/N-ethyl adjacent to an activating group) is 1. The Balaban J connectivity index is 4.35. The van der Waals surface area contributed by atoms with Crippen molar-refractivity contribution >= 4 is 5.91 Å². The first-order valence-corrected chi connectivity index (χ1v) is 6.08. The van der Waals surface area contributed by atoms with Crippen molar-refractivity contribution in [2.24, 2.45) is 11.7 Å². The predicted molar refractivity (Wildman–Crippen MR) is 69.8 cm³/mol. The van der Waals surface area contributed by atoms with Gasteiger partial charge in [0, 0.05) is 26.2 Å². The van der Waals surface area contributed by atoms with Crippen molar-refractivity contribution in [3.8, 4) is 0 Å². The second-order valence-electron chi connectivity index (χ2n) is 5.06. The van der Waals surface area contributed by atoms with Crippen molar-refractivity contribution in [2.75, 3.05) is 34.3 Å². The molecule has 0 aliphatic carbocycles. The Morgan fingerprint density at radius 1 is 1.41 bits per heavy atom. The number of nitrogens with zero attached hydrogens (tertiary/aromatic N) is 1. The van der Waals surface area contributed by atoms with Crippen LogP contribution in [0.4, 0.5) is 0 Å². The zero-order valence-electron chi connectivity index (χ0n) is 11.7. The van der Waals surface area contributed by atoms with Crippen molar-refractivity contribution in [3.05, 3.63) is 0 Å². The van der Waals surface area contributed by atoms with Crippen LogP contribution < -0.4 is 11.1 Å². The molecule has 0 radical (unpaired) electrons. The van der Waals surface area contributed by atoms with E-state index in [1.807, 2.05) is 14.1 Å². The van der Waals surface area contributed by atoms with E-state index in [0.29, 0.717) is 5.92 Å². The van der Waals surface area contributed by atoms with Crippen LogP contribution in [0, 0.1) is 5.92 Å². The highest BCUT2D eigenvalue weighted by atomic mass is 16.5. The van der Waals surface area contributed by atoms with Gasteiger partial charge in [-0.3, -0.25) is 4.79 Å². The van der Waals surface area contributed by atoms with Gasteiger partial charge in [-0.05, 0) is 26.4 Å². The SMILES string of the molecule is COC(CN)C(=O)NC(CC(C)C)CN(C)C. The van der Waals surface area contributed by atoms with E-state index in [1.165, 1.54) is 7.11 Å². The number of hydrogen-bond donors (Lipinski definition) is 2. The van der Waals surface area contributed by atoms with Crippen molar-refractivity contribution < 1.29 is 9.53 Å². The standard InChI is InChI=1S/C12H27N3O2/c1-9(2)6-10(8-15(3)4)14-12(16)11(7-13)17-5/h9-11H,6-8,13H2,1-5H3,(H,14,16). The van der Waals surface area contributed by atoms with Gasteiger partial charge in [-0.2, -0.15) is 0 Å². The van der Waals surface area contributed by atoms with Crippen molar-refractivity contribution in [1.29, 1.82) is 0 Å². The normalized spacial score (nSPS) is 15.1. The van der Waals surface area contributed by atoms with Crippen LogP contribution in [-0.4, -0.2) is 57.2 Å². The summed E-state index contributed by atoms with van der Waals surface area (Å²) in [4.78, 5) is 13.9. The second-order valence-corrected chi connectivity index (χ2v) is 5.06. The lowest BCUT2D eigenvalue weighted by molar-refractivity contribution is -0.131. The number of ether oxygens (including phenoxy) is 1. The molecular formula is C12H27N3O2. The van der Waals surface area contributed by atoms with Gasteiger partial charge >= 0.3 is 0 Å². The molecule has 5 heteroatoms. The fraction of sp³-hybridized carbons (Fsp3) is 0.917. The Kier molecular flexibility index (Phi) is 8.12. The Hall–Kier alpha value is -0.650. The maximum absolute atomic E-state index is 11.8. The van der Waals surface area contributed by atoms with Crippen LogP contribution in [0.2, 0.25) is 0 Å². The summed E-state index contributed by atoms with van der Waals surface area (Å²) in [5, 5.41) is 3.00. The summed E-state index contributed by atoms with van der Waals surface area (Å²) in [6.07, 6.45) is 0.400. The molecule has 0 aromatic heterocycles. The summed E-state index contributed by atoms with van der Waals surface area (Å²) in [6.45, 7) is 5.32.